The van der Waals surface area contributed by atoms with Gasteiger partial charge in [0.25, 0.3) is 0 Å². The minimum Gasteiger partial charge on any atom is -0.495 e. The van der Waals surface area contributed by atoms with Gasteiger partial charge in [-0.2, -0.15) is 13.2 Å². The summed E-state index contributed by atoms with van der Waals surface area (Å²) in [5, 5.41) is 0. The van der Waals surface area contributed by atoms with Gasteiger partial charge in [0.1, 0.15) is 11.7 Å². The topological polar surface area (TPSA) is 49.3 Å². The van der Waals surface area contributed by atoms with E-state index < -0.39 is 12.1 Å². The van der Waals surface area contributed by atoms with Crippen LogP contribution in [0.2, 0.25) is 0 Å². The molecule has 1 aromatic rings. The monoisotopic (exact) mass is 449 g/mol. The highest BCUT2D eigenvalue weighted by atomic mass is 79.9. The van der Waals surface area contributed by atoms with Gasteiger partial charge in [-0.15, -0.1) is 0 Å². The van der Waals surface area contributed by atoms with E-state index >= 15 is 0 Å². The molecule has 0 aromatic heterocycles. The molecule has 9 heteroatoms. The zero-order chi connectivity index (χ0) is 20.4. The third kappa shape index (κ3) is 4.07. The van der Waals surface area contributed by atoms with Gasteiger partial charge >= 0.3 is 6.18 Å². The lowest BCUT2D eigenvalue weighted by Crippen LogP contribution is -2.32. The Hall–Kier alpha value is -2.16. The number of nitrogens with zero attached hydrogens (tertiary/aromatic N) is 1. The van der Waals surface area contributed by atoms with Crippen LogP contribution in [0.3, 0.4) is 0 Å². The molecule has 27 heavy (non-hydrogen) atoms. The molecule has 1 atom stereocenters. The van der Waals surface area contributed by atoms with Crippen LogP contribution in [0.4, 0.5) is 13.2 Å². The minimum absolute atomic E-state index is 0.0109. The Morgan fingerprint density at radius 3 is 2.15 bits per heavy atom. The maximum atomic E-state index is 13.7. The smallest absolute Gasteiger partial charge is 0.401 e. The number of hydrogen-bond donors (Lipinski definition) is 0. The molecule has 0 spiro atoms. The van der Waals surface area contributed by atoms with Crippen LogP contribution in [0, 0.1) is 12.8 Å². The summed E-state index contributed by atoms with van der Waals surface area (Å²) in [4.78, 5) is 3.76. The van der Waals surface area contributed by atoms with Gasteiger partial charge in [-0.25, -0.2) is 4.99 Å². The largest absolute Gasteiger partial charge is 0.495 e. The van der Waals surface area contributed by atoms with Gasteiger partial charge in [0.15, 0.2) is 11.5 Å². The fourth-order valence-corrected chi connectivity index (χ4v) is 3.42. The molecule has 0 N–H and O–H groups in total. The highest BCUT2D eigenvalue weighted by molar-refractivity contribution is 9.18. The third-order valence-corrected chi connectivity index (χ3v) is 4.72. The number of ether oxygens (including phenoxy) is 4. The Balaban J connectivity index is 2.78. The van der Waals surface area contributed by atoms with Crippen LogP contribution < -0.4 is 14.2 Å². The number of aliphatic imine (C=N–C) groups is 1. The molecule has 1 heterocycles. The lowest BCUT2D eigenvalue weighted by Gasteiger charge is -2.26. The van der Waals surface area contributed by atoms with Gasteiger partial charge in [-0.05, 0) is 40.6 Å². The summed E-state index contributed by atoms with van der Waals surface area (Å²) in [5.41, 5.74) is 0.969. The molecule has 0 saturated carbocycles. The van der Waals surface area contributed by atoms with Gasteiger partial charge < -0.3 is 18.9 Å². The first-order chi connectivity index (χ1) is 12.7. The van der Waals surface area contributed by atoms with Crippen molar-refractivity contribution >= 4 is 26.6 Å². The van der Waals surface area contributed by atoms with Crippen LogP contribution >= 0.6 is 15.9 Å². The Morgan fingerprint density at radius 1 is 1.04 bits per heavy atom. The second kappa shape index (κ2) is 8.24. The van der Waals surface area contributed by atoms with Gasteiger partial charge in [0.05, 0.1) is 39.3 Å². The first-order valence-electron chi connectivity index (χ1n) is 7.75. The Kier molecular flexibility index (Phi) is 6.46. The van der Waals surface area contributed by atoms with Crippen LogP contribution in [0.1, 0.15) is 11.1 Å². The molecular weight excluding hydrogens is 431 g/mol. The van der Waals surface area contributed by atoms with E-state index in [-0.39, 0.29) is 27.5 Å². The summed E-state index contributed by atoms with van der Waals surface area (Å²) >= 11 is 2.92. The summed E-state index contributed by atoms with van der Waals surface area (Å²) in [6, 6.07) is 1.67. The molecular formula is C18H19BrF3NO4. The molecule has 0 amide bonds. The van der Waals surface area contributed by atoms with E-state index in [0.717, 1.165) is 0 Å². The fraction of sp³-hybridized carbons (Fsp3) is 0.389. The van der Waals surface area contributed by atoms with Crippen molar-refractivity contribution in [2.24, 2.45) is 10.9 Å². The van der Waals surface area contributed by atoms with Crippen LogP contribution in [0.15, 0.2) is 28.6 Å². The van der Waals surface area contributed by atoms with Gasteiger partial charge in [-0.1, -0.05) is 0 Å². The summed E-state index contributed by atoms with van der Waals surface area (Å²) < 4.78 is 62.0. The van der Waals surface area contributed by atoms with Crippen molar-refractivity contribution in [1.29, 1.82) is 0 Å². The molecule has 1 aromatic carbocycles. The fourth-order valence-electron chi connectivity index (χ4n) is 2.81. The number of allylic oxidation sites excluding steroid dienone is 1. The number of halogens is 4. The lowest BCUT2D eigenvalue weighted by atomic mass is 9.92. The molecule has 0 fully saturated rings. The summed E-state index contributed by atoms with van der Waals surface area (Å²) in [7, 11) is 5.59. The number of methoxy groups -OCH3 is 4. The Labute approximate surface area is 163 Å². The number of aryl methyl sites for hydroxylation is 1. The quantitative estimate of drug-likeness (QED) is 0.642. The lowest BCUT2D eigenvalue weighted by molar-refractivity contribution is -0.145. The van der Waals surface area contributed by atoms with Crippen LogP contribution in [-0.4, -0.2) is 39.2 Å². The van der Waals surface area contributed by atoms with E-state index in [0.29, 0.717) is 16.9 Å². The average molecular weight is 450 g/mol. The normalized spacial score (nSPS) is 18.7. The second-order valence-corrected chi connectivity index (χ2v) is 6.41. The van der Waals surface area contributed by atoms with Gasteiger partial charge in [0.2, 0.25) is 5.75 Å². The predicted octanol–water partition coefficient (Wildman–Crippen LogP) is 4.88. The van der Waals surface area contributed by atoms with E-state index in [9.17, 15) is 13.2 Å². The molecule has 1 aliphatic heterocycles. The molecule has 5 nitrogen and oxygen atoms in total. The van der Waals surface area contributed by atoms with Crippen LogP contribution in [-0.2, 0) is 4.74 Å². The first kappa shape index (κ1) is 21.1. The third-order valence-electron chi connectivity index (χ3n) is 4.06. The number of rotatable bonds is 5. The van der Waals surface area contributed by atoms with Crippen LogP contribution in [0.5, 0.6) is 17.2 Å². The first-order valence-corrected chi connectivity index (χ1v) is 8.54. The maximum Gasteiger partial charge on any atom is 0.401 e. The summed E-state index contributed by atoms with van der Waals surface area (Å²) in [6.07, 6.45) is -1.95. The van der Waals surface area contributed by atoms with E-state index in [1.165, 1.54) is 40.7 Å². The zero-order valence-corrected chi connectivity index (χ0v) is 17.0. The van der Waals surface area contributed by atoms with Gasteiger partial charge in [-0.3, -0.25) is 0 Å². The van der Waals surface area contributed by atoms with Crippen LogP contribution in [0.25, 0.3) is 6.08 Å². The highest BCUT2D eigenvalue weighted by Gasteiger charge is 2.47. The van der Waals surface area contributed by atoms with Crippen molar-refractivity contribution in [3.8, 4) is 17.2 Å². The standard InChI is InChI=1S/C18H19BrF3NO4/c1-9-6-12(24-2)16(27-5)15(26-4)10(9)7-11-13(25-3)8-23-17(19)14(11)18(20,21)22/h6-8,14H,1-5H3. The molecule has 2 rings (SSSR count). The molecule has 1 unspecified atom stereocenters. The molecule has 0 saturated heterocycles. The molecule has 148 valence electrons. The minimum atomic E-state index is -4.57. The van der Waals surface area contributed by atoms with Crippen molar-refractivity contribution < 1.29 is 32.1 Å². The van der Waals surface area contributed by atoms with Gasteiger partial charge in [0, 0.05) is 11.1 Å². The average Bonchev–Trinajstić information content (AvgIpc) is 2.61. The number of benzene rings is 1. The number of hydrogen-bond acceptors (Lipinski definition) is 5. The van der Waals surface area contributed by atoms with Crippen molar-refractivity contribution in [2.75, 3.05) is 28.4 Å². The van der Waals surface area contributed by atoms with E-state index in [4.69, 9.17) is 18.9 Å². The maximum absolute atomic E-state index is 13.7. The SMILES string of the molecule is COC1=CN=C(Br)C(C(F)(F)F)C1=Cc1c(C)cc(OC)c(OC)c1OC. The van der Waals surface area contributed by atoms with Crippen molar-refractivity contribution in [3.63, 3.8) is 0 Å². The Bertz CT molecular complexity index is 816. The van der Waals surface area contributed by atoms with E-state index in [1.54, 1.807) is 13.0 Å². The van der Waals surface area contributed by atoms with Crippen molar-refractivity contribution in [3.05, 3.63) is 34.7 Å². The summed E-state index contributed by atoms with van der Waals surface area (Å²) in [5.74, 6) is -0.994. The zero-order valence-electron chi connectivity index (χ0n) is 15.4. The highest BCUT2D eigenvalue weighted by Crippen LogP contribution is 2.46. The molecule has 0 aliphatic carbocycles. The van der Waals surface area contributed by atoms with E-state index in [2.05, 4.69) is 20.9 Å². The predicted molar refractivity (Wildman–Crippen MR) is 99.8 cm³/mol. The Morgan fingerprint density at radius 2 is 1.67 bits per heavy atom. The van der Waals surface area contributed by atoms with E-state index in [1.807, 2.05) is 0 Å². The molecule has 0 bridgehead atoms. The molecule has 0 radical (unpaired) electrons. The van der Waals surface area contributed by atoms with Crippen molar-refractivity contribution in [2.45, 2.75) is 13.1 Å². The number of alkyl halides is 3. The summed E-state index contributed by atoms with van der Waals surface area (Å²) in [6.45, 7) is 1.74. The van der Waals surface area contributed by atoms with Crippen molar-refractivity contribution in [1.82, 2.24) is 0 Å². The second-order valence-electron chi connectivity index (χ2n) is 5.60. The molecule has 1 aliphatic rings.